The summed E-state index contributed by atoms with van der Waals surface area (Å²) in [4.78, 5) is 38.6. The van der Waals surface area contributed by atoms with Gasteiger partial charge in [-0.1, -0.05) is 11.8 Å². The highest BCUT2D eigenvalue weighted by molar-refractivity contribution is 8.14. The van der Waals surface area contributed by atoms with Crippen molar-refractivity contribution in [3.05, 3.63) is 0 Å². The summed E-state index contributed by atoms with van der Waals surface area (Å²) in [6.07, 6.45) is 4.53. The van der Waals surface area contributed by atoms with Crippen LogP contribution in [0.15, 0.2) is 0 Å². The third kappa shape index (κ3) is 2.78. The predicted octanol–water partition coefficient (Wildman–Crippen LogP) is 1.47. The summed E-state index contributed by atoms with van der Waals surface area (Å²) in [5, 5.41) is -0.118. The van der Waals surface area contributed by atoms with Gasteiger partial charge in [-0.25, -0.2) is 0 Å². The molecule has 1 aliphatic carbocycles. The maximum atomic E-state index is 12.0. The van der Waals surface area contributed by atoms with Crippen molar-refractivity contribution in [3.8, 4) is 0 Å². The number of likely N-dealkylation sites (tertiary alicyclic amines) is 1. The van der Waals surface area contributed by atoms with Gasteiger partial charge < -0.3 is 4.90 Å². The van der Waals surface area contributed by atoms with E-state index in [0.29, 0.717) is 25.4 Å². The van der Waals surface area contributed by atoms with Gasteiger partial charge >= 0.3 is 0 Å². The highest BCUT2D eigenvalue weighted by Gasteiger charge is 2.38. The molecule has 3 amide bonds. The maximum Gasteiger partial charge on any atom is 0.289 e. The normalized spacial score (nSPS) is 25.3. The fraction of sp³-hybridized carbons (Fsp3) is 0.769. The lowest BCUT2D eigenvalue weighted by Crippen LogP contribution is -2.48. The van der Waals surface area contributed by atoms with E-state index in [-0.39, 0.29) is 28.8 Å². The van der Waals surface area contributed by atoms with Crippen LogP contribution < -0.4 is 0 Å². The lowest BCUT2D eigenvalue weighted by atomic mass is 10.0. The molecule has 3 aliphatic rings. The first-order valence-electron chi connectivity index (χ1n) is 6.91. The van der Waals surface area contributed by atoms with Gasteiger partial charge in [0.2, 0.25) is 11.8 Å². The molecule has 0 aromatic heterocycles. The van der Waals surface area contributed by atoms with Gasteiger partial charge in [0.25, 0.3) is 5.24 Å². The van der Waals surface area contributed by atoms with E-state index in [0.717, 1.165) is 24.6 Å². The molecule has 0 radical (unpaired) electrons. The van der Waals surface area contributed by atoms with Gasteiger partial charge in [-0.15, -0.1) is 0 Å². The highest BCUT2D eigenvalue weighted by Crippen LogP contribution is 2.33. The molecule has 3 fully saturated rings. The van der Waals surface area contributed by atoms with Crippen molar-refractivity contribution in [1.82, 2.24) is 9.80 Å². The third-order valence-electron chi connectivity index (χ3n) is 4.13. The molecule has 2 saturated heterocycles. The largest absolute Gasteiger partial charge is 0.343 e. The minimum Gasteiger partial charge on any atom is -0.343 e. The van der Waals surface area contributed by atoms with E-state index in [1.807, 2.05) is 4.90 Å². The van der Waals surface area contributed by atoms with Crippen LogP contribution >= 0.6 is 11.8 Å². The molecule has 0 aromatic rings. The molecule has 104 valence electrons. The van der Waals surface area contributed by atoms with E-state index in [1.165, 1.54) is 17.7 Å². The Balaban J connectivity index is 1.52. The van der Waals surface area contributed by atoms with Gasteiger partial charge in [-0.3, -0.25) is 19.3 Å². The van der Waals surface area contributed by atoms with Crippen LogP contribution in [0.2, 0.25) is 0 Å². The van der Waals surface area contributed by atoms with Crippen LogP contribution in [-0.4, -0.2) is 51.7 Å². The molecule has 0 unspecified atom stereocenters. The number of nitrogens with zero attached hydrogens (tertiary/aromatic N) is 2. The van der Waals surface area contributed by atoms with Gasteiger partial charge in [-0.2, -0.15) is 0 Å². The lowest BCUT2D eigenvalue weighted by Gasteiger charge is -2.35. The van der Waals surface area contributed by atoms with Crippen molar-refractivity contribution in [2.45, 2.75) is 38.1 Å². The first kappa shape index (κ1) is 13.0. The molecule has 2 aliphatic heterocycles. The van der Waals surface area contributed by atoms with Crippen molar-refractivity contribution in [1.29, 1.82) is 0 Å². The summed E-state index contributed by atoms with van der Waals surface area (Å²) in [6.45, 7) is 1.36. The van der Waals surface area contributed by atoms with E-state index < -0.39 is 0 Å². The average Bonchev–Trinajstić information content (AvgIpc) is 3.15. The van der Waals surface area contributed by atoms with Crippen LogP contribution in [0.5, 0.6) is 0 Å². The maximum absolute atomic E-state index is 12.0. The zero-order chi connectivity index (χ0) is 13.4. The molecule has 19 heavy (non-hydrogen) atoms. The van der Waals surface area contributed by atoms with E-state index in [2.05, 4.69) is 0 Å². The number of rotatable bonds is 3. The minimum absolute atomic E-state index is 0.0000231. The molecule has 2 heterocycles. The summed E-state index contributed by atoms with van der Waals surface area (Å²) >= 11 is 1.09. The Labute approximate surface area is 116 Å². The third-order valence-corrected chi connectivity index (χ3v) is 4.96. The summed E-state index contributed by atoms with van der Waals surface area (Å²) in [5.74, 6) is 1.06. The number of amides is 3. The topological polar surface area (TPSA) is 57.7 Å². The van der Waals surface area contributed by atoms with Crippen LogP contribution in [0, 0.1) is 5.92 Å². The Morgan fingerprint density at radius 3 is 2.37 bits per heavy atom. The number of carbonyl (C=O) groups excluding carboxylic acids is 3. The highest BCUT2D eigenvalue weighted by atomic mass is 32.2. The standard InChI is InChI=1S/C13H18N2O3S/c16-11(7-9-1-2-9)14-5-3-10(4-6-14)15-12(17)8-19-13(15)18/h9-10H,1-8H2. The number of imide groups is 1. The van der Waals surface area contributed by atoms with E-state index in [4.69, 9.17) is 0 Å². The number of hydrogen-bond donors (Lipinski definition) is 0. The lowest BCUT2D eigenvalue weighted by molar-refractivity contribution is -0.133. The second kappa shape index (κ2) is 5.15. The minimum atomic E-state index is -0.118. The fourth-order valence-electron chi connectivity index (χ4n) is 2.79. The van der Waals surface area contributed by atoms with Crippen LogP contribution in [0.3, 0.4) is 0 Å². The summed E-state index contributed by atoms with van der Waals surface area (Å²) in [5.41, 5.74) is 0. The zero-order valence-corrected chi connectivity index (χ0v) is 11.7. The molecule has 6 heteroatoms. The number of hydrogen-bond acceptors (Lipinski definition) is 4. The van der Waals surface area contributed by atoms with Crippen molar-refractivity contribution >= 4 is 28.8 Å². The van der Waals surface area contributed by atoms with Crippen molar-refractivity contribution in [2.75, 3.05) is 18.8 Å². The Bertz CT molecular complexity index is 398. The molecule has 0 atom stereocenters. The number of carbonyl (C=O) groups is 3. The van der Waals surface area contributed by atoms with E-state index >= 15 is 0 Å². The van der Waals surface area contributed by atoms with Gasteiger partial charge in [-0.05, 0) is 31.6 Å². The Hall–Kier alpha value is -1.04. The van der Waals surface area contributed by atoms with Crippen LogP contribution in [0.25, 0.3) is 0 Å². The molecule has 1 saturated carbocycles. The molecular weight excluding hydrogens is 264 g/mol. The Morgan fingerprint density at radius 2 is 1.84 bits per heavy atom. The molecule has 3 rings (SSSR count). The van der Waals surface area contributed by atoms with E-state index in [1.54, 1.807) is 0 Å². The summed E-state index contributed by atoms with van der Waals surface area (Å²) in [6, 6.07) is -0.0000231. The molecular formula is C13H18N2O3S. The van der Waals surface area contributed by atoms with Crippen LogP contribution in [0.1, 0.15) is 32.1 Å². The van der Waals surface area contributed by atoms with Gasteiger partial charge in [0.15, 0.2) is 0 Å². The van der Waals surface area contributed by atoms with Gasteiger partial charge in [0, 0.05) is 25.6 Å². The first-order valence-corrected chi connectivity index (χ1v) is 7.90. The van der Waals surface area contributed by atoms with Gasteiger partial charge in [0.1, 0.15) is 0 Å². The van der Waals surface area contributed by atoms with Gasteiger partial charge in [0.05, 0.1) is 5.75 Å². The second-order valence-electron chi connectivity index (χ2n) is 5.58. The molecule has 5 nitrogen and oxygen atoms in total. The Morgan fingerprint density at radius 1 is 1.16 bits per heavy atom. The molecule has 0 N–H and O–H groups in total. The SMILES string of the molecule is O=C(CC1CC1)N1CCC(N2C(=O)CSC2=O)CC1. The Kier molecular flexibility index (Phi) is 3.52. The van der Waals surface area contributed by atoms with Crippen LogP contribution in [-0.2, 0) is 9.59 Å². The number of piperidine rings is 1. The summed E-state index contributed by atoms with van der Waals surface area (Å²) < 4.78 is 0. The average molecular weight is 282 g/mol. The smallest absolute Gasteiger partial charge is 0.289 e. The first-order chi connectivity index (χ1) is 9.15. The number of thioether (sulfide) groups is 1. The monoisotopic (exact) mass is 282 g/mol. The molecule has 0 bridgehead atoms. The predicted molar refractivity (Wildman–Crippen MR) is 71.6 cm³/mol. The zero-order valence-electron chi connectivity index (χ0n) is 10.8. The molecule has 0 spiro atoms. The van der Waals surface area contributed by atoms with Crippen LogP contribution in [0.4, 0.5) is 4.79 Å². The van der Waals surface area contributed by atoms with E-state index in [9.17, 15) is 14.4 Å². The quantitative estimate of drug-likeness (QED) is 0.786. The van der Waals surface area contributed by atoms with Crippen molar-refractivity contribution in [2.24, 2.45) is 5.92 Å². The van der Waals surface area contributed by atoms with Crippen molar-refractivity contribution < 1.29 is 14.4 Å². The second-order valence-corrected chi connectivity index (χ2v) is 6.50. The molecule has 0 aromatic carbocycles. The summed E-state index contributed by atoms with van der Waals surface area (Å²) in [7, 11) is 0. The fourth-order valence-corrected chi connectivity index (χ4v) is 3.56. The van der Waals surface area contributed by atoms with Crippen molar-refractivity contribution in [3.63, 3.8) is 0 Å².